The highest BCUT2D eigenvalue weighted by Gasteiger charge is 2.19. The van der Waals surface area contributed by atoms with E-state index < -0.39 is 0 Å². The lowest BCUT2D eigenvalue weighted by molar-refractivity contribution is 0.418. The number of ether oxygens (including phenoxy) is 1. The predicted octanol–water partition coefficient (Wildman–Crippen LogP) is 1.41. The fourth-order valence-electron chi connectivity index (χ4n) is 2.20. The highest BCUT2D eigenvalue weighted by atomic mass is 16.5. The zero-order chi connectivity index (χ0) is 11.8. The average molecular weight is 234 g/mol. The van der Waals surface area contributed by atoms with Gasteiger partial charge >= 0.3 is 0 Å². The first-order valence-electron chi connectivity index (χ1n) is 5.64. The molecule has 0 radical (unpaired) electrons. The van der Waals surface area contributed by atoms with Crippen molar-refractivity contribution in [2.75, 3.05) is 30.8 Å². The molecule has 0 bridgehead atoms. The lowest BCUT2D eigenvalue weighted by Gasteiger charge is -2.16. The van der Waals surface area contributed by atoms with E-state index in [4.69, 9.17) is 15.0 Å². The van der Waals surface area contributed by atoms with Gasteiger partial charge in [-0.3, -0.25) is 0 Å². The number of nitrogens with zero attached hydrogens (tertiary/aromatic N) is 3. The first-order valence-corrected chi connectivity index (χ1v) is 5.64. The molecule has 2 aromatic rings. The molecule has 2 N–H and O–H groups in total. The van der Waals surface area contributed by atoms with E-state index in [0.717, 1.165) is 18.9 Å². The summed E-state index contributed by atoms with van der Waals surface area (Å²) >= 11 is 0. The maximum atomic E-state index is 5.72. The minimum Gasteiger partial charge on any atom is -0.496 e. The summed E-state index contributed by atoms with van der Waals surface area (Å²) in [7, 11) is 1.61. The Balaban J connectivity index is 2.14. The SMILES string of the molecule is COc1cc(N2CCCC2)nc2onc(N)c12. The monoisotopic (exact) mass is 234 g/mol. The molecule has 0 unspecified atom stereocenters. The van der Waals surface area contributed by atoms with Crippen LogP contribution in [0.4, 0.5) is 11.6 Å². The highest BCUT2D eigenvalue weighted by Crippen LogP contribution is 2.33. The Morgan fingerprint density at radius 2 is 2.18 bits per heavy atom. The summed E-state index contributed by atoms with van der Waals surface area (Å²) in [6.45, 7) is 2.04. The molecule has 3 heterocycles. The van der Waals surface area contributed by atoms with Gasteiger partial charge in [0.15, 0.2) is 5.82 Å². The third-order valence-electron chi connectivity index (χ3n) is 3.07. The lowest BCUT2D eigenvalue weighted by Crippen LogP contribution is -2.18. The number of methoxy groups -OCH3 is 1. The van der Waals surface area contributed by atoms with E-state index in [2.05, 4.69) is 15.0 Å². The van der Waals surface area contributed by atoms with Gasteiger partial charge in [0.1, 0.15) is 17.0 Å². The Morgan fingerprint density at radius 3 is 2.88 bits per heavy atom. The van der Waals surface area contributed by atoms with Crippen LogP contribution in [-0.4, -0.2) is 30.3 Å². The summed E-state index contributed by atoms with van der Waals surface area (Å²) in [4.78, 5) is 6.63. The summed E-state index contributed by atoms with van der Waals surface area (Å²) in [5.41, 5.74) is 6.15. The van der Waals surface area contributed by atoms with E-state index in [-0.39, 0.29) is 0 Å². The number of aromatic nitrogens is 2. The fraction of sp³-hybridized carbons (Fsp3) is 0.455. The molecule has 6 nitrogen and oxygen atoms in total. The van der Waals surface area contributed by atoms with Crippen LogP contribution < -0.4 is 15.4 Å². The third-order valence-corrected chi connectivity index (χ3v) is 3.07. The first-order chi connectivity index (χ1) is 8.29. The van der Waals surface area contributed by atoms with Crippen LogP contribution in [0.5, 0.6) is 5.75 Å². The van der Waals surface area contributed by atoms with Crippen molar-refractivity contribution in [3.8, 4) is 5.75 Å². The average Bonchev–Trinajstić information content (AvgIpc) is 2.98. The third kappa shape index (κ3) is 1.56. The van der Waals surface area contributed by atoms with Gasteiger partial charge < -0.3 is 19.9 Å². The molecule has 1 aliphatic heterocycles. The molecule has 1 fully saturated rings. The van der Waals surface area contributed by atoms with E-state index in [1.54, 1.807) is 7.11 Å². The van der Waals surface area contributed by atoms with Crippen molar-refractivity contribution in [2.45, 2.75) is 12.8 Å². The van der Waals surface area contributed by atoms with Crippen LogP contribution in [0.15, 0.2) is 10.6 Å². The van der Waals surface area contributed by atoms with Crippen molar-refractivity contribution in [1.82, 2.24) is 10.1 Å². The Kier molecular flexibility index (Phi) is 2.28. The summed E-state index contributed by atoms with van der Waals surface area (Å²) in [5.74, 6) is 1.84. The predicted molar refractivity (Wildman–Crippen MR) is 64.2 cm³/mol. The standard InChI is InChI=1S/C11H14N4O2/c1-16-7-6-8(15-4-2-3-5-15)13-11-9(7)10(12)14-17-11/h6H,2-5H2,1H3,(H2,12,14). The second-order valence-electron chi connectivity index (χ2n) is 4.12. The number of pyridine rings is 1. The Labute approximate surface area is 98.3 Å². The first kappa shape index (κ1) is 10.2. The van der Waals surface area contributed by atoms with Crippen LogP contribution in [0.2, 0.25) is 0 Å². The van der Waals surface area contributed by atoms with Crippen LogP contribution in [0.25, 0.3) is 11.1 Å². The maximum absolute atomic E-state index is 5.72. The molecule has 2 aromatic heterocycles. The maximum Gasteiger partial charge on any atom is 0.265 e. The van der Waals surface area contributed by atoms with Crippen molar-refractivity contribution in [2.24, 2.45) is 0 Å². The van der Waals surface area contributed by atoms with Crippen LogP contribution in [0.1, 0.15) is 12.8 Å². The fourth-order valence-corrected chi connectivity index (χ4v) is 2.20. The second-order valence-corrected chi connectivity index (χ2v) is 4.12. The lowest BCUT2D eigenvalue weighted by atomic mass is 10.3. The van der Waals surface area contributed by atoms with E-state index in [0.29, 0.717) is 22.7 Å². The second kappa shape index (κ2) is 3.80. The van der Waals surface area contributed by atoms with Gasteiger partial charge in [-0.15, -0.1) is 0 Å². The van der Waals surface area contributed by atoms with Crippen molar-refractivity contribution >= 4 is 22.7 Å². The number of hydrogen-bond acceptors (Lipinski definition) is 6. The molecule has 90 valence electrons. The molecule has 3 rings (SSSR count). The molecule has 0 saturated carbocycles. The van der Waals surface area contributed by atoms with Gasteiger partial charge in [0.25, 0.3) is 5.71 Å². The van der Waals surface area contributed by atoms with Crippen LogP contribution in [0, 0.1) is 0 Å². The van der Waals surface area contributed by atoms with Crippen molar-refractivity contribution in [1.29, 1.82) is 0 Å². The Morgan fingerprint density at radius 1 is 1.41 bits per heavy atom. The zero-order valence-corrected chi connectivity index (χ0v) is 9.64. The van der Waals surface area contributed by atoms with E-state index in [9.17, 15) is 0 Å². The molecule has 1 saturated heterocycles. The minimum atomic E-state index is 0.317. The number of anilines is 2. The zero-order valence-electron chi connectivity index (χ0n) is 9.64. The summed E-state index contributed by atoms with van der Waals surface area (Å²) in [5, 5.41) is 4.36. The molecule has 0 amide bonds. The van der Waals surface area contributed by atoms with Gasteiger partial charge in [-0.25, -0.2) is 0 Å². The molecular formula is C11H14N4O2. The van der Waals surface area contributed by atoms with Gasteiger partial charge in [-0.1, -0.05) is 5.16 Å². The number of fused-ring (bicyclic) bond motifs is 1. The van der Waals surface area contributed by atoms with Crippen molar-refractivity contribution in [3.05, 3.63) is 6.07 Å². The van der Waals surface area contributed by atoms with Crippen molar-refractivity contribution in [3.63, 3.8) is 0 Å². The highest BCUT2D eigenvalue weighted by molar-refractivity contribution is 5.91. The molecule has 0 atom stereocenters. The van der Waals surface area contributed by atoms with E-state index >= 15 is 0 Å². The van der Waals surface area contributed by atoms with E-state index in [1.807, 2.05) is 6.07 Å². The number of hydrogen-bond donors (Lipinski definition) is 1. The topological polar surface area (TPSA) is 77.4 Å². The molecule has 0 spiro atoms. The molecule has 1 aliphatic rings. The van der Waals surface area contributed by atoms with Crippen LogP contribution in [0.3, 0.4) is 0 Å². The summed E-state index contributed by atoms with van der Waals surface area (Å²) < 4.78 is 10.4. The van der Waals surface area contributed by atoms with Crippen molar-refractivity contribution < 1.29 is 9.26 Å². The van der Waals surface area contributed by atoms with Crippen LogP contribution in [-0.2, 0) is 0 Å². The number of nitrogen functional groups attached to an aromatic ring is 1. The number of nitrogens with two attached hydrogens (primary N) is 1. The molecule has 6 heteroatoms. The summed E-state index contributed by atoms with van der Waals surface area (Å²) in [6.07, 6.45) is 2.39. The Hall–Kier alpha value is -1.98. The van der Waals surface area contributed by atoms with Gasteiger partial charge in [0.05, 0.1) is 7.11 Å². The van der Waals surface area contributed by atoms with Crippen LogP contribution >= 0.6 is 0 Å². The quantitative estimate of drug-likeness (QED) is 0.846. The molecule has 0 aliphatic carbocycles. The van der Waals surface area contributed by atoms with Gasteiger partial charge in [0.2, 0.25) is 0 Å². The molecular weight excluding hydrogens is 220 g/mol. The smallest absolute Gasteiger partial charge is 0.265 e. The normalized spacial score (nSPS) is 15.7. The largest absolute Gasteiger partial charge is 0.496 e. The van der Waals surface area contributed by atoms with E-state index in [1.165, 1.54) is 12.8 Å². The number of rotatable bonds is 2. The summed E-state index contributed by atoms with van der Waals surface area (Å²) in [6, 6.07) is 1.89. The molecule has 0 aromatic carbocycles. The molecule has 17 heavy (non-hydrogen) atoms. The van der Waals surface area contributed by atoms with Gasteiger partial charge in [0, 0.05) is 19.2 Å². The minimum absolute atomic E-state index is 0.317. The van der Waals surface area contributed by atoms with Gasteiger partial charge in [-0.2, -0.15) is 4.98 Å². The van der Waals surface area contributed by atoms with Gasteiger partial charge in [-0.05, 0) is 12.8 Å². The Bertz CT molecular complexity index is 546.